The molecule has 218 valence electrons. The number of ether oxygens (including phenoxy) is 1. The van der Waals surface area contributed by atoms with E-state index < -0.39 is 59.3 Å². The van der Waals surface area contributed by atoms with Crippen molar-refractivity contribution < 1.29 is 45.8 Å². The van der Waals surface area contributed by atoms with Gasteiger partial charge in [0.2, 0.25) is 0 Å². The van der Waals surface area contributed by atoms with Crippen LogP contribution in [0.4, 0.5) is 32.2 Å². The summed E-state index contributed by atoms with van der Waals surface area (Å²) in [4.78, 5) is 35.9. The van der Waals surface area contributed by atoms with Crippen molar-refractivity contribution >= 4 is 29.0 Å². The molecule has 0 aromatic carbocycles. The van der Waals surface area contributed by atoms with Gasteiger partial charge in [-0.2, -0.15) is 26.3 Å². The average Bonchev–Trinajstić information content (AvgIpc) is 3.67. The fourth-order valence-corrected chi connectivity index (χ4v) is 6.26. The monoisotopic (exact) mass is 593 g/mol. The minimum absolute atomic E-state index is 0.0104. The molecule has 5 heterocycles. The first kappa shape index (κ1) is 28.5. The van der Waals surface area contributed by atoms with E-state index in [0.717, 1.165) is 38.8 Å². The summed E-state index contributed by atoms with van der Waals surface area (Å²) in [5, 5.41) is 14.1. The van der Waals surface area contributed by atoms with E-state index in [-0.39, 0.29) is 40.9 Å². The van der Waals surface area contributed by atoms with Crippen LogP contribution in [0.25, 0.3) is 10.4 Å². The first-order chi connectivity index (χ1) is 18.7. The summed E-state index contributed by atoms with van der Waals surface area (Å²) in [7, 11) is 0. The minimum Gasteiger partial charge on any atom is -0.388 e. The fraction of sp³-hybridized carbons (Fsp3) is 0.583. The molecule has 2 aromatic heterocycles. The number of rotatable bonds is 6. The van der Waals surface area contributed by atoms with Crippen LogP contribution in [0.5, 0.6) is 0 Å². The number of amides is 2. The molecule has 1 unspecified atom stereocenters. The van der Waals surface area contributed by atoms with Crippen LogP contribution in [-0.4, -0.2) is 81.5 Å². The predicted molar refractivity (Wildman–Crippen MR) is 130 cm³/mol. The number of alkyl halides is 6. The second kappa shape index (κ2) is 10.4. The summed E-state index contributed by atoms with van der Waals surface area (Å²) in [6.07, 6.45) is -7.05. The second-order valence-corrected chi connectivity index (χ2v) is 11.1. The largest absolute Gasteiger partial charge is 0.417 e. The highest BCUT2D eigenvalue weighted by molar-refractivity contribution is 7.17. The first-order valence-corrected chi connectivity index (χ1v) is 13.4. The third-order valence-electron chi connectivity index (χ3n) is 7.39. The minimum atomic E-state index is -5.04. The van der Waals surface area contributed by atoms with Crippen molar-refractivity contribution in [3.63, 3.8) is 0 Å². The van der Waals surface area contributed by atoms with E-state index in [0.29, 0.717) is 17.4 Å². The van der Waals surface area contributed by atoms with Gasteiger partial charge < -0.3 is 25.4 Å². The van der Waals surface area contributed by atoms with Crippen molar-refractivity contribution in [3.05, 3.63) is 28.5 Å². The number of fused-ring (bicyclic) bond motifs is 2. The summed E-state index contributed by atoms with van der Waals surface area (Å²) in [5.41, 5.74) is -2.30. The molecule has 3 saturated heterocycles. The molecular weight excluding hydrogens is 568 g/mol. The number of halogens is 6. The van der Waals surface area contributed by atoms with E-state index in [2.05, 4.69) is 15.3 Å². The Kier molecular flexibility index (Phi) is 7.46. The van der Waals surface area contributed by atoms with Crippen LogP contribution in [0.2, 0.25) is 0 Å². The highest BCUT2D eigenvalue weighted by Gasteiger charge is 2.45. The molecule has 2 bridgehead atoms. The van der Waals surface area contributed by atoms with Crippen molar-refractivity contribution in [1.29, 1.82) is 0 Å². The Morgan fingerprint density at radius 3 is 2.33 bits per heavy atom. The Morgan fingerprint density at radius 1 is 1.12 bits per heavy atom. The van der Waals surface area contributed by atoms with Gasteiger partial charge in [-0.3, -0.25) is 9.59 Å². The van der Waals surface area contributed by atoms with E-state index in [9.17, 15) is 41.0 Å². The van der Waals surface area contributed by atoms with Crippen LogP contribution < -0.4 is 10.6 Å². The van der Waals surface area contributed by atoms with Gasteiger partial charge in [0.1, 0.15) is 17.6 Å². The molecule has 3 N–H and O–H groups in total. The van der Waals surface area contributed by atoms with Crippen LogP contribution in [0, 0.1) is 0 Å². The van der Waals surface area contributed by atoms with Gasteiger partial charge in [-0.1, -0.05) is 0 Å². The predicted octanol–water partition coefficient (Wildman–Crippen LogP) is 3.84. The summed E-state index contributed by atoms with van der Waals surface area (Å²) in [5.74, 6) is -2.10. The lowest BCUT2D eigenvalue weighted by Crippen LogP contribution is -2.42. The number of thiazole rings is 1. The molecule has 16 heteroatoms. The maximum Gasteiger partial charge on any atom is 0.417 e. The lowest BCUT2D eigenvalue weighted by Gasteiger charge is -2.22. The molecule has 3 fully saturated rings. The molecular formula is C24H25F6N5O4S. The highest BCUT2D eigenvalue weighted by Crippen LogP contribution is 2.44. The van der Waals surface area contributed by atoms with E-state index in [1.807, 2.05) is 5.32 Å². The number of hydrogen-bond acceptors (Lipinski definition) is 8. The quantitative estimate of drug-likeness (QED) is 0.436. The zero-order valence-electron chi connectivity index (χ0n) is 21.0. The van der Waals surface area contributed by atoms with Gasteiger partial charge in [0.15, 0.2) is 5.01 Å². The lowest BCUT2D eigenvalue weighted by molar-refractivity contribution is -0.138. The molecule has 3 atom stereocenters. The molecule has 0 aliphatic carbocycles. The van der Waals surface area contributed by atoms with Crippen LogP contribution in [0.3, 0.4) is 0 Å². The van der Waals surface area contributed by atoms with Crippen molar-refractivity contribution in [2.75, 3.05) is 18.5 Å². The number of carbonyl (C=O) groups excluding carboxylic acids is 2. The molecule has 3 aliphatic heterocycles. The molecule has 0 spiro atoms. The average molecular weight is 594 g/mol. The van der Waals surface area contributed by atoms with Gasteiger partial charge in [-0.05, 0) is 38.7 Å². The van der Waals surface area contributed by atoms with E-state index in [1.165, 1.54) is 0 Å². The van der Waals surface area contributed by atoms with Crippen molar-refractivity contribution in [1.82, 2.24) is 20.2 Å². The Hall–Kier alpha value is -2.98. The number of hydrogen-bond donors (Lipinski definition) is 3. The maximum atomic E-state index is 14.2. The Balaban J connectivity index is 1.56. The topological polar surface area (TPSA) is 117 Å². The van der Waals surface area contributed by atoms with Crippen molar-refractivity contribution in [3.8, 4) is 10.4 Å². The number of anilines is 1. The molecule has 9 nitrogen and oxygen atoms in total. The fourth-order valence-electron chi connectivity index (χ4n) is 5.28. The Morgan fingerprint density at radius 2 is 1.77 bits per heavy atom. The smallest absolute Gasteiger partial charge is 0.388 e. The highest BCUT2D eigenvalue weighted by atomic mass is 32.1. The lowest BCUT2D eigenvalue weighted by atomic mass is 10.0. The molecule has 5 rings (SSSR count). The third-order valence-corrected chi connectivity index (χ3v) is 8.48. The number of nitrogens with one attached hydrogen (secondary N) is 2. The van der Waals surface area contributed by atoms with Gasteiger partial charge >= 0.3 is 12.4 Å². The number of carbonyl (C=O) groups is 2. The first-order valence-electron chi connectivity index (χ1n) is 12.5. The molecule has 0 radical (unpaired) electrons. The standard InChI is InChI=1S/C24H25F6N5O4S/c1-10(23(25,26)27)32-17-6-14(24(28,29)30)13(7-31-17)19-18(22(38)35-11-2-3-12(35)5-4-11)34-21(40-19)20(37)33-15-8-39-9-16(15)36/h6-7,10-12,15-16,36H,2-5,8-9H2,1H3,(H,31,32)(H,33,37)/t10?,11?,12?,15-,16+/m0/s1. The Bertz CT molecular complexity index is 1280. The zero-order chi connectivity index (χ0) is 29.0. The summed E-state index contributed by atoms with van der Waals surface area (Å²) in [6, 6.07) is -2.70. The van der Waals surface area contributed by atoms with Gasteiger partial charge in [0, 0.05) is 23.8 Å². The van der Waals surface area contributed by atoms with E-state index in [4.69, 9.17) is 4.74 Å². The molecule has 0 saturated carbocycles. The number of nitrogens with zero attached hydrogens (tertiary/aromatic N) is 3. The van der Waals surface area contributed by atoms with Gasteiger partial charge in [0.05, 0.1) is 35.8 Å². The van der Waals surface area contributed by atoms with Crippen LogP contribution in [0.15, 0.2) is 12.3 Å². The van der Waals surface area contributed by atoms with Crippen LogP contribution in [0.1, 0.15) is 58.5 Å². The number of aromatic nitrogens is 2. The van der Waals surface area contributed by atoms with Gasteiger partial charge in [0.25, 0.3) is 11.8 Å². The summed E-state index contributed by atoms with van der Waals surface area (Å²) < 4.78 is 86.8. The SMILES string of the molecule is CC(Nc1cc(C(F)(F)F)c(-c2sc(C(=O)N[C@H]3COC[C@H]3O)nc2C(=O)N2C3CCC2CC3)cn1)C(F)(F)F. The normalized spacial score (nSPS) is 25.4. The number of aliphatic hydroxyl groups is 1. The van der Waals surface area contributed by atoms with Crippen LogP contribution in [-0.2, 0) is 10.9 Å². The summed E-state index contributed by atoms with van der Waals surface area (Å²) >= 11 is 0.536. The molecule has 2 amide bonds. The number of aliphatic hydroxyl groups excluding tert-OH is 1. The van der Waals surface area contributed by atoms with Gasteiger partial charge in [-0.15, -0.1) is 11.3 Å². The van der Waals surface area contributed by atoms with Gasteiger partial charge in [-0.25, -0.2) is 9.97 Å². The molecule has 40 heavy (non-hydrogen) atoms. The zero-order valence-corrected chi connectivity index (χ0v) is 21.8. The Labute approximate surface area is 227 Å². The maximum absolute atomic E-state index is 14.2. The van der Waals surface area contributed by atoms with Crippen molar-refractivity contribution in [2.45, 2.75) is 75.2 Å². The van der Waals surface area contributed by atoms with E-state index >= 15 is 0 Å². The molecule has 2 aromatic rings. The van der Waals surface area contributed by atoms with Crippen molar-refractivity contribution in [2.24, 2.45) is 0 Å². The molecule has 3 aliphatic rings. The number of pyridine rings is 1. The van der Waals surface area contributed by atoms with Crippen LogP contribution >= 0.6 is 11.3 Å². The summed E-state index contributed by atoms with van der Waals surface area (Å²) in [6.45, 7) is 0.745. The second-order valence-electron chi connectivity index (χ2n) is 10.1. The third kappa shape index (κ3) is 5.48. The van der Waals surface area contributed by atoms with E-state index in [1.54, 1.807) is 4.90 Å².